The minimum atomic E-state index is -1.03. The maximum absolute atomic E-state index is 11.8. The third-order valence-electron chi connectivity index (χ3n) is 2.26. The summed E-state index contributed by atoms with van der Waals surface area (Å²) in [5.41, 5.74) is 1.23. The Kier molecular flexibility index (Phi) is 4.15. The molecular weight excluding hydrogens is 266 g/mol. The molecule has 6 heteroatoms. The van der Waals surface area contributed by atoms with Crippen molar-refractivity contribution in [1.29, 1.82) is 0 Å². The monoisotopic (exact) mass is 277 g/mol. The third-order valence-corrected chi connectivity index (χ3v) is 2.94. The van der Waals surface area contributed by atoms with Crippen LogP contribution in [0, 0.1) is 0 Å². The first-order chi connectivity index (χ1) is 9.15. The Bertz CT molecular complexity index is 563. The fourth-order valence-electron chi connectivity index (χ4n) is 1.38. The molecule has 0 fully saturated rings. The van der Waals surface area contributed by atoms with Crippen LogP contribution in [0.4, 0.5) is 5.69 Å². The Labute approximate surface area is 113 Å². The number of anilines is 1. The van der Waals surface area contributed by atoms with Crippen molar-refractivity contribution in [2.75, 3.05) is 11.9 Å². The summed E-state index contributed by atoms with van der Waals surface area (Å²) in [6.45, 7) is -0.388. The van der Waals surface area contributed by atoms with Crippen LogP contribution in [0.3, 0.4) is 0 Å². The predicted octanol–water partition coefficient (Wildman–Crippen LogP) is 2.46. The molecule has 5 nitrogen and oxygen atoms in total. The maximum Gasteiger partial charge on any atom is 0.341 e. The minimum Gasteiger partial charge on any atom is -0.482 e. The van der Waals surface area contributed by atoms with Crippen LogP contribution in [0.1, 0.15) is 10.4 Å². The van der Waals surface area contributed by atoms with Gasteiger partial charge in [-0.15, -0.1) is 0 Å². The summed E-state index contributed by atoms with van der Waals surface area (Å²) < 4.78 is 4.99. The lowest BCUT2D eigenvalue weighted by Gasteiger charge is -2.06. The van der Waals surface area contributed by atoms with Gasteiger partial charge in [-0.3, -0.25) is 4.79 Å². The number of benzene rings is 1. The average molecular weight is 277 g/mol. The fourth-order valence-corrected chi connectivity index (χ4v) is 2.01. The molecule has 1 aromatic carbocycles. The van der Waals surface area contributed by atoms with Crippen molar-refractivity contribution < 1.29 is 19.4 Å². The van der Waals surface area contributed by atoms with Crippen molar-refractivity contribution in [2.45, 2.75) is 0 Å². The second-order valence-corrected chi connectivity index (χ2v) is 4.45. The highest BCUT2D eigenvalue weighted by atomic mass is 32.1. The molecule has 0 atom stereocenters. The highest BCUT2D eigenvalue weighted by molar-refractivity contribution is 7.08. The molecule has 0 aliphatic rings. The van der Waals surface area contributed by atoms with E-state index in [-0.39, 0.29) is 12.5 Å². The van der Waals surface area contributed by atoms with Crippen LogP contribution < -0.4 is 10.1 Å². The number of rotatable bonds is 5. The Morgan fingerprint density at radius 3 is 2.53 bits per heavy atom. The van der Waals surface area contributed by atoms with E-state index in [9.17, 15) is 9.59 Å². The molecular formula is C13H11NO4S. The molecule has 1 heterocycles. The van der Waals surface area contributed by atoms with E-state index < -0.39 is 5.97 Å². The van der Waals surface area contributed by atoms with Gasteiger partial charge in [-0.05, 0) is 35.7 Å². The summed E-state index contributed by atoms with van der Waals surface area (Å²) in [7, 11) is 0. The van der Waals surface area contributed by atoms with E-state index in [0.29, 0.717) is 17.0 Å². The summed E-state index contributed by atoms with van der Waals surface area (Å²) in [5, 5.41) is 14.8. The lowest BCUT2D eigenvalue weighted by atomic mass is 10.2. The van der Waals surface area contributed by atoms with Gasteiger partial charge in [0.2, 0.25) is 0 Å². The predicted molar refractivity (Wildman–Crippen MR) is 71.8 cm³/mol. The lowest BCUT2D eigenvalue weighted by molar-refractivity contribution is -0.139. The highest BCUT2D eigenvalue weighted by Gasteiger charge is 2.06. The Hall–Kier alpha value is -2.34. The van der Waals surface area contributed by atoms with E-state index in [0.717, 1.165) is 0 Å². The van der Waals surface area contributed by atoms with E-state index in [4.69, 9.17) is 9.84 Å². The van der Waals surface area contributed by atoms with Gasteiger partial charge in [0.1, 0.15) is 5.75 Å². The van der Waals surface area contributed by atoms with Crippen molar-refractivity contribution in [3.8, 4) is 5.75 Å². The van der Waals surface area contributed by atoms with E-state index in [1.807, 2.05) is 5.38 Å². The van der Waals surface area contributed by atoms with Gasteiger partial charge in [0, 0.05) is 11.1 Å². The zero-order valence-corrected chi connectivity index (χ0v) is 10.6. The molecule has 2 N–H and O–H groups in total. The minimum absolute atomic E-state index is 0.180. The second-order valence-electron chi connectivity index (χ2n) is 3.67. The fraction of sp³-hybridized carbons (Fsp3) is 0.0769. The van der Waals surface area contributed by atoms with E-state index in [2.05, 4.69) is 5.32 Å². The average Bonchev–Trinajstić information content (AvgIpc) is 2.92. The van der Waals surface area contributed by atoms with E-state index >= 15 is 0 Å². The number of aliphatic carboxylic acids is 1. The van der Waals surface area contributed by atoms with Gasteiger partial charge in [0.05, 0.1) is 5.56 Å². The van der Waals surface area contributed by atoms with Crippen molar-refractivity contribution in [2.24, 2.45) is 0 Å². The number of hydrogen-bond acceptors (Lipinski definition) is 4. The highest BCUT2D eigenvalue weighted by Crippen LogP contribution is 2.17. The zero-order chi connectivity index (χ0) is 13.7. The standard InChI is InChI=1S/C13H11NO4S/c15-12(16)7-18-11-3-1-10(2-4-11)14-13(17)9-5-6-19-8-9/h1-6,8H,7H2,(H,14,17)(H,15,16). The maximum atomic E-state index is 11.8. The molecule has 19 heavy (non-hydrogen) atoms. The van der Waals surface area contributed by atoms with Crippen molar-refractivity contribution >= 4 is 28.9 Å². The first kappa shape index (κ1) is 13.1. The topological polar surface area (TPSA) is 75.6 Å². The van der Waals surface area contributed by atoms with Gasteiger partial charge in [-0.25, -0.2) is 4.79 Å². The van der Waals surface area contributed by atoms with Crippen LogP contribution >= 0.6 is 11.3 Å². The molecule has 0 saturated carbocycles. The number of hydrogen-bond donors (Lipinski definition) is 2. The van der Waals surface area contributed by atoms with Gasteiger partial charge in [-0.1, -0.05) is 0 Å². The van der Waals surface area contributed by atoms with Gasteiger partial charge >= 0.3 is 5.97 Å². The summed E-state index contributed by atoms with van der Waals surface area (Å²) in [6, 6.07) is 8.26. The zero-order valence-electron chi connectivity index (χ0n) is 9.83. The molecule has 2 rings (SSSR count). The lowest BCUT2D eigenvalue weighted by Crippen LogP contribution is -2.11. The Morgan fingerprint density at radius 2 is 1.95 bits per heavy atom. The molecule has 0 aliphatic heterocycles. The molecule has 0 saturated heterocycles. The smallest absolute Gasteiger partial charge is 0.341 e. The molecule has 1 amide bonds. The van der Waals surface area contributed by atoms with Gasteiger partial charge in [0.25, 0.3) is 5.91 Å². The molecule has 98 valence electrons. The van der Waals surface area contributed by atoms with Gasteiger partial charge < -0.3 is 15.2 Å². The van der Waals surface area contributed by atoms with Crippen LogP contribution in [-0.2, 0) is 4.79 Å². The van der Waals surface area contributed by atoms with E-state index in [1.165, 1.54) is 11.3 Å². The van der Waals surface area contributed by atoms with Crippen molar-refractivity contribution in [3.05, 3.63) is 46.7 Å². The first-order valence-corrected chi connectivity index (χ1v) is 6.37. The molecule has 0 aliphatic carbocycles. The molecule has 1 aromatic heterocycles. The summed E-state index contributed by atoms with van der Waals surface area (Å²) in [4.78, 5) is 22.1. The molecule has 0 radical (unpaired) electrons. The van der Waals surface area contributed by atoms with Gasteiger partial charge in [-0.2, -0.15) is 11.3 Å². The number of nitrogens with one attached hydrogen (secondary N) is 1. The first-order valence-electron chi connectivity index (χ1n) is 5.43. The number of carboxylic acids is 1. The number of carbonyl (C=O) groups is 2. The van der Waals surface area contributed by atoms with Crippen LogP contribution in [0.2, 0.25) is 0 Å². The SMILES string of the molecule is O=C(O)COc1ccc(NC(=O)c2ccsc2)cc1. The van der Waals surface area contributed by atoms with Crippen LogP contribution in [0.5, 0.6) is 5.75 Å². The third kappa shape index (κ3) is 3.82. The number of carboxylic acid groups (broad SMARTS) is 1. The van der Waals surface area contributed by atoms with Crippen LogP contribution in [-0.4, -0.2) is 23.6 Å². The number of ether oxygens (including phenoxy) is 1. The number of amides is 1. The van der Waals surface area contributed by atoms with Crippen LogP contribution in [0.25, 0.3) is 0 Å². The van der Waals surface area contributed by atoms with Gasteiger partial charge in [0.15, 0.2) is 6.61 Å². The van der Waals surface area contributed by atoms with Crippen molar-refractivity contribution in [1.82, 2.24) is 0 Å². The molecule has 2 aromatic rings. The normalized spacial score (nSPS) is 9.89. The number of carbonyl (C=O) groups excluding carboxylic acids is 1. The summed E-state index contributed by atoms with van der Waals surface area (Å²) in [6.07, 6.45) is 0. The molecule has 0 bridgehead atoms. The van der Waals surface area contributed by atoms with E-state index in [1.54, 1.807) is 35.7 Å². The second kappa shape index (κ2) is 6.01. The van der Waals surface area contributed by atoms with Crippen LogP contribution in [0.15, 0.2) is 41.1 Å². The quantitative estimate of drug-likeness (QED) is 0.880. The Balaban J connectivity index is 1.95. The largest absolute Gasteiger partial charge is 0.482 e. The van der Waals surface area contributed by atoms with Crippen molar-refractivity contribution in [3.63, 3.8) is 0 Å². The number of thiophene rings is 1. The Morgan fingerprint density at radius 1 is 1.21 bits per heavy atom. The molecule has 0 spiro atoms. The molecule has 0 unspecified atom stereocenters. The summed E-state index contributed by atoms with van der Waals surface area (Å²) in [5.74, 6) is -0.772. The summed E-state index contributed by atoms with van der Waals surface area (Å²) >= 11 is 1.45.